The fourth-order valence-corrected chi connectivity index (χ4v) is 3.34. The predicted octanol–water partition coefficient (Wildman–Crippen LogP) is 0.106. The maximum atomic E-state index is 12.6. The second-order valence-corrected chi connectivity index (χ2v) is 5.45. The molecule has 2 aromatic rings. The van der Waals surface area contributed by atoms with Crippen molar-refractivity contribution in [1.82, 2.24) is 18.8 Å². The summed E-state index contributed by atoms with van der Waals surface area (Å²) in [6, 6.07) is 8.22. The molecular weight excluding hydrogens is 272 g/mol. The van der Waals surface area contributed by atoms with Crippen LogP contribution in [0.25, 0.3) is 5.69 Å². The minimum Gasteiger partial charge on any atom is -0.322 e. The Morgan fingerprint density at radius 1 is 0.952 bits per heavy atom. The Labute approximate surface area is 119 Å². The van der Waals surface area contributed by atoms with Crippen LogP contribution in [0.5, 0.6) is 0 Å². The lowest BCUT2D eigenvalue weighted by atomic mass is 10.0. The van der Waals surface area contributed by atoms with Gasteiger partial charge in [-0.2, -0.15) is 0 Å². The number of hydrogen-bond acceptors (Lipinski definition) is 3. The molecule has 2 bridgehead atoms. The van der Waals surface area contributed by atoms with Crippen LogP contribution in [0.1, 0.15) is 25.0 Å². The Kier molecular flexibility index (Phi) is 2.30. The topological polar surface area (TPSA) is 69.2 Å². The number of piperidine rings is 1. The molecule has 0 N–H and O–H groups in total. The van der Waals surface area contributed by atoms with Crippen LogP contribution in [-0.2, 0) is 4.79 Å². The summed E-state index contributed by atoms with van der Waals surface area (Å²) in [7, 11) is 1.68. The fraction of sp³-hybridized carbons (Fsp3) is 0.357. The summed E-state index contributed by atoms with van der Waals surface area (Å²) >= 11 is 0. The van der Waals surface area contributed by atoms with Crippen LogP contribution in [0.15, 0.2) is 39.9 Å². The maximum Gasteiger partial charge on any atom is 0.353 e. The summed E-state index contributed by atoms with van der Waals surface area (Å²) in [5.41, 5.74) is -0.306. The van der Waals surface area contributed by atoms with Gasteiger partial charge in [-0.3, -0.25) is 4.79 Å². The van der Waals surface area contributed by atoms with E-state index in [9.17, 15) is 14.4 Å². The first kappa shape index (κ1) is 12.2. The van der Waals surface area contributed by atoms with Crippen molar-refractivity contribution in [1.29, 1.82) is 0 Å². The molecule has 1 amide bonds. The number of fused-ring (bicyclic) bond motifs is 2. The summed E-state index contributed by atoms with van der Waals surface area (Å²) in [6.07, 6.45) is 0.935. The highest BCUT2D eigenvalue weighted by molar-refractivity contribution is 5.81. The molecule has 3 aliphatic rings. The molecule has 3 aliphatic heterocycles. The van der Waals surface area contributed by atoms with Gasteiger partial charge in [-0.05, 0) is 25.0 Å². The van der Waals surface area contributed by atoms with Crippen molar-refractivity contribution < 1.29 is 4.79 Å². The van der Waals surface area contributed by atoms with E-state index in [4.69, 9.17) is 0 Å². The smallest absolute Gasteiger partial charge is 0.322 e. The summed E-state index contributed by atoms with van der Waals surface area (Å²) in [6.45, 7) is 0. The van der Waals surface area contributed by atoms with Gasteiger partial charge in [-0.25, -0.2) is 23.5 Å². The highest BCUT2D eigenvalue weighted by atomic mass is 16.2. The minimum atomic E-state index is -0.565. The van der Waals surface area contributed by atoms with E-state index in [0.717, 1.165) is 4.57 Å². The van der Waals surface area contributed by atoms with Crippen LogP contribution < -0.4 is 11.4 Å². The largest absolute Gasteiger partial charge is 0.353 e. The molecule has 0 radical (unpaired) electrons. The molecule has 5 rings (SSSR count). The zero-order chi connectivity index (χ0) is 14.7. The second kappa shape index (κ2) is 3.97. The molecule has 4 heterocycles. The van der Waals surface area contributed by atoms with E-state index in [1.165, 1.54) is 9.36 Å². The quantitative estimate of drug-likeness (QED) is 0.747. The van der Waals surface area contributed by atoms with Crippen LogP contribution in [0.4, 0.5) is 0 Å². The first-order valence-corrected chi connectivity index (χ1v) is 6.89. The van der Waals surface area contributed by atoms with E-state index < -0.39 is 11.7 Å². The first-order valence-electron chi connectivity index (χ1n) is 6.89. The van der Waals surface area contributed by atoms with Gasteiger partial charge in [0.15, 0.2) is 0 Å². The van der Waals surface area contributed by atoms with Gasteiger partial charge in [-0.15, -0.1) is 0 Å². The number of carbonyl (C=O) groups excluding carboxylic acids is 1. The van der Waals surface area contributed by atoms with Crippen molar-refractivity contribution in [3.8, 4) is 5.69 Å². The number of nitrogens with zero attached hydrogens (tertiary/aromatic N) is 4. The molecule has 1 aromatic heterocycles. The number of rotatable bonds is 1. The van der Waals surface area contributed by atoms with Crippen molar-refractivity contribution in [3.63, 3.8) is 0 Å². The standard InChI is InChI=1S/C14H14N4O3/c1-15-11-8-7-10(12(15)19)17-13(20)16(14(21)18(11)17)9-5-3-2-4-6-9/h2-6,10-11H,7-8H2,1H3/t10-,11+/m1/s1. The Balaban J connectivity index is 2.04. The zero-order valence-corrected chi connectivity index (χ0v) is 11.5. The lowest BCUT2D eigenvalue weighted by molar-refractivity contribution is -0.149. The molecule has 0 aliphatic carbocycles. The molecular formula is C14H14N4O3. The SMILES string of the molecule is CN1C(=O)[C@H]2CC[C@@H]1n1c(=O)n(-c3ccccc3)c(=O)n12. The van der Waals surface area contributed by atoms with Crippen molar-refractivity contribution in [2.75, 3.05) is 7.05 Å². The third kappa shape index (κ3) is 1.40. The zero-order valence-electron chi connectivity index (χ0n) is 11.5. The van der Waals surface area contributed by atoms with E-state index >= 15 is 0 Å². The van der Waals surface area contributed by atoms with Gasteiger partial charge in [-0.1, -0.05) is 18.2 Å². The highest BCUT2D eigenvalue weighted by Crippen LogP contribution is 2.35. The van der Waals surface area contributed by atoms with Crippen LogP contribution in [-0.4, -0.2) is 31.8 Å². The van der Waals surface area contributed by atoms with Crippen LogP contribution in [0, 0.1) is 0 Å². The van der Waals surface area contributed by atoms with Gasteiger partial charge in [0.05, 0.1) is 5.69 Å². The van der Waals surface area contributed by atoms with Gasteiger partial charge in [0, 0.05) is 7.05 Å². The lowest BCUT2D eigenvalue weighted by Gasteiger charge is -2.43. The minimum absolute atomic E-state index is 0.0986. The monoisotopic (exact) mass is 286 g/mol. The van der Waals surface area contributed by atoms with E-state index in [0.29, 0.717) is 18.5 Å². The molecule has 1 aromatic carbocycles. The Hall–Kier alpha value is -2.57. The van der Waals surface area contributed by atoms with Gasteiger partial charge in [0.25, 0.3) is 0 Å². The Morgan fingerprint density at radius 3 is 2.33 bits per heavy atom. The fourth-order valence-electron chi connectivity index (χ4n) is 3.34. The van der Waals surface area contributed by atoms with Crippen molar-refractivity contribution in [3.05, 3.63) is 51.3 Å². The first-order chi connectivity index (χ1) is 10.1. The van der Waals surface area contributed by atoms with E-state index in [1.54, 1.807) is 36.2 Å². The average molecular weight is 286 g/mol. The van der Waals surface area contributed by atoms with Crippen molar-refractivity contribution >= 4 is 5.91 Å². The Morgan fingerprint density at radius 2 is 1.62 bits per heavy atom. The molecule has 2 atom stereocenters. The normalized spacial score (nSPS) is 23.5. The molecule has 1 saturated heterocycles. The number of carbonyl (C=O) groups is 1. The third-order valence-corrected chi connectivity index (χ3v) is 4.38. The average Bonchev–Trinajstić information content (AvgIpc) is 2.78. The van der Waals surface area contributed by atoms with E-state index in [1.807, 2.05) is 6.07 Å². The van der Waals surface area contributed by atoms with Crippen molar-refractivity contribution in [2.24, 2.45) is 0 Å². The number of likely N-dealkylation sites (N-methyl/N-ethyl adjacent to an activating group) is 1. The molecule has 7 nitrogen and oxygen atoms in total. The summed E-state index contributed by atoms with van der Waals surface area (Å²) in [4.78, 5) is 39.0. The van der Waals surface area contributed by atoms with Gasteiger partial charge in [0.1, 0.15) is 12.2 Å². The van der Waals surface area contributed by atoms with Crippen molar-refractivity contribution in [2.45, 2.75) is 25.0 Å². The molecule has 21 heavy (non-hydrogen) atoms. The molecule has 108 valence electrons. The van der Waals surface area contributed by atoms with E-state index in [-0.39, 0.29) is 17.8 Å². The summed E-state index contributed by atoms with van der Waals surface area (Å²) in [5.74, 6) is -0.0986. The molecule has 1 fully saturated rings. The number of hydrogen-bond donors (Lipinski definition) is 0. The number of amides is 1. The highest BCUT2D eigenvalue weighted by Gasteiger charge is 2.45. The van der Waals surface area contributed by atoms with Gasteiger partial charge in [0.2, 0.25) is 5.91 Å². The maximum absolute atomic E-state index is 12.6. The molecule has 0 spiro atoms. The second-order valence-electron chi connectivity index (χ2n) is 5.45. The third-order valence-electron chi connectivity index (χ3n) is 4.38. The Bertz CT molecular complexity index is 845. The molecule has 0 unspecified atom stereocenters. The predicted molar refractivity (Wildman–Crippen MR) is 74.4 cm³/mol. The van der Waals surface area contributed by atoms with E-state index in [2.05, 4.69) is 0 Å². The summed E-state index contributed by atoms with van der Waals surface area (Å²) in [5, 5.41) is 0. The van der Waals surface area contributed by atoms with Crippen LogP contribution >= 0.6 is 0 Å². The van der Waals surface area contributed by atoms with Gasteiger partial charge >= 0.3 is 11.4 Å². The number of para-hydroxylation sites is 1. The van der Waals surface area contributed by atoms with Crippen LogP contribution in [0.2, 0.25) is 0 Å². The number of benzene rings is 1. The summed E-state index contributed by atoms with van der Waals surface area (Å²) < 4.78 is 3.88. The molecule has 0 saturated carbocycles. The van der Waals surface area contributed by atoms with Gasteiger partial charge < -0.3 is 4.90 Å². The number of aromatic nitrogens is 3. The lowest BCUT2D eigenvalue weighted by Crippen LogP contribution is -2.55. The van der Waals surface area contributed by atoms with Crippen LogP contribution in [0.3, 0.4) is 0 Å². The molecule has 7 heteroatoms.